The fraction of sp³-hybridized carbons (Fsp3) is 0.111. The maximum absolute atomic E-state index is 11.2. The molecule has 1 amide bonds. The Morgan fingerprint density at radius 3 is 2.36 bits per heavy atom. The topological polar surface area (TPSA) is 89.5 Å². The quantitative estimate of drug-likeness (QED) is 0.572. The highest BCUT2D eigenvalue weighted by atomic mass is 16.4. The van der Waals surface area contributed by atoms with Gasteiger partial charge in [-0.05, 0) is 12.1 Å². The summed E-state index contributed by atoms with van der Waals surface area (Å²) >= 11 is 0. The number of carbonyl (C=O) groups is 2. The smallest absolute Gasteiger partial charge is 0.253 e. The molecule has 5 heteroatoms. The van der Waals surface area contributed by atoms with Gasteiger partial charge in [0.25, 0.3) is 5.91 Å². The number of nitrogens with one attached hydrogen (secondary N) is 1. The molecule has 2 N–H and O–H groups in total. The second kappa shape index (κ2) is 4.38. The Hall–Kier alpha value is -1.88. The molecule has 1 unspecified atom stereocenters. The Morgan fingerprint density at radius 1 is 1.29 bits per heavy atom. The first-order valence-electron chi connectivity index (χ1n) is 3.86. The first-order valence-corrected chi connectivity index (χ1v) is 3.86. The molecule has 1 aromatic rings. The van der Waals surface area contributed by atoms with Gasteiger partial charge in [0.1, 0.15) is 0 Å². The van der Waals surface area contributed by atoms with E-state index in [1.807, 2.05) is 5.32 Å². The first-order chi connectivity index (χ1) is 6.61. The van der Waals surface area contributed by atoms with E-state index >= 15 is 0 Å². The summed E-state index contributed by atoms with van der Waals surface area (Å²) in [6, 6.07) is 7.96. The molecule has 1 atom stereocenters. The lowest BCUT2D eigenvalue weighted by molar-refractivity contribution is -0.315. The van der Waals surface area contributed by atoms with E-state index in [1.165, 1.54) is 12.1 Å². The molecule has 0 aliphatic carbocycles. The van der Waals surface area contributed by atoms with Gasteiger partial charge in [-0.3, -0.25) is 4.79 Å². The lowest BCUT2D eigenvalue weighted by Gasteiger charge is -2.12. The van der Waals surface area contributed by atoms with Crippen LogP contribution in [0.4, 0.5) is 0 Å². The molecule has 0 bridgehead atoms. The highest BCUT2D eigenvalue weighted by Crippen LogP contribution is 1.97. The first kappa shape index (κ1) is 10.2. The molecular formula is C9H8NO4-. The zero-order valence-electron chi connectivity index (χ0n) is 7.14. The van der Waals surface area contributed by atoms with Gasteiger partial charge in [-0.1, -0.05) is 18.2 Å². The van der Waals surface area contributed by atoms with E-state index in [1.54, 1.807) is 18.2 Å². The lowest BCUT2D eigenvalue weighted by Crippen LogP contribution is -2.47. The van der Waals surface area contributed by atoms with Gasteiger partial charge < -0.3 is 20.3 Å². The number of aliphatic carboxylic acids is 1. The van der Waals surface area contributed by atoms with Crippen molar-refractivity contribution in [1.29, 1.82) is 0 Å². The molecule has 0 aliphatic rings. The Labute approximate surface area is 80.0 Å². The third-order valence-corrected chi connectivity index (χ3v) is 1.53. The molecule has 0 radical (unpaired) electrons. The van der Waals surface area contributed by atoms with Crippen molar-refractivity contribution < 1.29 is 19.8 Å². The SMILES string of the molecule is O=C(NC(O)C(=O)[O-])c1ccccc1. The zero-order valence-corrected chi connectivity index (χ0v) is 7.14. The van der Waals surface area contributed by atoms with Crippen LogP contribution in [-0.4, -0.2) is 23.2 Å². The monoisotopic (exact) mass is 194 g/mol. The van der Waals surface area contributed by atoms with E-state index in [0.717, 1.165) is 0 Å². The standard InChI is InChI=1S/C9H9NO4/c11-7(10-8(12)9(13)14)6-4-2-1-3-5-6/h1-5,8,12H,(H,10,11)(H,13,14)/p-1. The molecule has 0 fully saturated rings. The van der Waals surface area contributed by atoms with E-state index in [9.17, 15) is 14.7 Å². The van der Waals surface area contributed by atoms with Crippen LogP contribution in [0.1, 0.15) is 10.4 Å². The minimum Gasteiger partial charge on any atom is -0.545 e. The second-order valence-electron chi connectivity index (χ2n) is 2.56. The summed E-state index contributed by atoms with van der Waals surface area (Å²) in [5.41, 5.74) is 0.271. The molecule has 0 aliphatic heterocycles. The van der Waals surface area contributed by atoms with Crippen LogP contribution in [0.25, 0.3) is 0 Å². The van der Waals surface area contributed by atoms with E-state index in [4.69, 9.17) is 5.11 Å². The predicted octanol–water partition coefficient (Wildman–Crippen LogP) is -1.52. The average molecular weight is 194 g/mol. The van der Waals surface area contributed by atoms with Gasteiger partial charge >= 0.3 is 0 Å². The molecule has 0 heterocycles. The minimum atomic E-state index is -1.98. The summed E-state index contributed by atoms with van der Waals surface area (Å²) in [6.45, 7) is 0. The molecule has 0 aromatic heterocycles. The molecule has 1 rings (SSSR count). The van der Waals surface area contributed by atoms with E-state index in [2.05, 4.69) is 0 Å². The zero-order chi connectivity index (χ0) is 10.6. The number of benzene rings is 1. The summed E-state index contributed by atoms with van der Waals surface area (Å²) in [6.07, 6.45) is -1.98. The maximum Gasteiger partial charge on any atom is 0.253 e. The summed E-state index contributed by atoms with van der Waals surface area (Å²) in [4.78, 5) is 21.3. The van der Waals surface area contributed by atoms with Crippen molar-refractivity contribution in [2.45, 2.75) is 6.23 Å². The van der Waals surface area contributed by atoms with Crippen LogP contribution in [0.3, 0.4) is 0 Å². The predicted molar refractivity (Wildman–Crippen MR) is 44.9 cm³/mol. The largest absolute Gasteiger partial charge is 0.545 e. The van der Waals surface area contributed by atoms with E-state index in [0.29, 0.717) is 0 Å². The number of rotatable bonds is 3. The van der Waals surface area contributed by atoms with Crippen molar-refractivity contribution in [2.24, 2.45) is 0 Å². The van der Waals surface area contributed by atoms with Gasteiger partial charge in [-0.25, -0.2) is 0 Å². The molecule has 0 saturated carbocycles. The Bertz CT molecular complexity index is 336. The molecule has 0 saturated heterocycles. The van der Waals surface area contributed by atoms with Crippen molar-refractivity contribution >= 4 is 11.9 Å². The highest BCUT2D eigenvalue weighted by Gasteiger charge is 2.10. The van der Waals surface area contributed by atoms with Crippen LogP contribution < -0.4 is 10.4 Å². The summed E-state index contributed by atoms with van der Waals surface area (Å²) in [7, 11) is 0. The van der Waals surface area contributed by atoms with Gasteiger partial charge in [0, 0.05) is 5.56 Å². The summed E-state index contributed by atoms with van der Waals surface area (Å²) in [5.74, 6) is -2.41. The highest BCUT2D eigenvalue weighted by molar-refractivity contribution is 5.95. The van der Waals surface area contributed by atoms with Crippen molar-refractivity contribution in [3.63, 3.8) is 0 Å². The van der Waals surface area contributed by atoms with Crippen molar-refractivity contribution in [1.82, 2.24) is 5.32 Å². The van der Waals surface area contributed by atoms with Gasteiger partial charge in [-0.15, -0.1) is 0 Å². The normalized spacial score (nSPS) is 11.8. The van der Waals surface area contributed by atoms with E-state index in [-0.39, 0.29) is 5.56 Å². The average Bonchev–Trinajstić information content (AvgIpc) is 2.19. The molecule has 14 heavy (non-hydrogen) atoms. The molecular weight excluding hydrogens is 186 g/mol. The maximum atomic E-state index is 11.2. The second-order valence-corrected chi connectivity index (χ2v) is 2.56. The Kier molecular flexibility index (Phi) is 3.19. The van der Waals surface area contributed by atoms with Gasteiger partial charge in [-0.2, -0.15) is 0 Å². The number of aliphatic hydroxyl groups is 1. The molecule has 1 aromatic carbocycles. The Morgan fingerprint density at radius 2 is 1.86 bits per heavy atom. The van der Waals surface area contributed by atoms with Crippen LogP contribution >= 0.6 is 0 Å². The van der Waals surface area contributed by atoms with Gasteiger partial charge in [0.05, 0.1) is 5.97 Å². The summed E-state index contributed by atoms with van der Waals surface area (Å²) < 4.78 is 0. The van der Waals surface area contributed by atoms with Crippen LogP contribution in [0.15, 0.2) is 30.3 Å². The number of carbonyl (C=O) groups excluding carboxylic acids is 2. The third kappa shape index (κ3) is 2.56. The number of hydrogen-bond acceptors (Lipinski definition) is 4. The molecule has 5 nitrogen and oxygen atoms in total. The molecule has 0 spiro atoms. The minimum absolute atomic E-state index is 0.271. The lowest BCUT2D eigenvalue weighted by atomic mass is 10.2. The van der Waals surface area contributed by atoms with Crippen LogP contribution in [-0.2, 0) is 4.79 Å². The van der Waals surface area contributed by atoms with Crippen molar-refractivity contribution in [3.8, 4) is 0 Å². The van der Waals surface area contributed by atoms with Crippen molar-refractivity contribution in [3.05, 3.63) is 35.9 Å². The molecule has 74 valence electrons. The third-order valence-electron chi connectivity index (χ3n) is 1.53. The fourth-order valence-electron chi connectivity index (χ4n) is 0.856. The summed E-state index contributed by atoms with van der Waals surface area (Å²) in [5, 5.41) is 20.7. The van der Waals surface area contributed by atoms with Crippen LogP contribution in [0.2, 0.25) is 0 Å². The fourth-order valence-corrected chi connectivity index (χ4v) is 0.856. The number of carboxylic acid groups (broad SMARTS) is 1. The van der Waals surface area contributed by atoms with Crippen LogP contribution in [0.5, 0.6) is 0 Å². The Balaban J connectivity index is 2.64. The van der Waals surface area contributed by atoms with Crippen LogP contribution in [0, 0.1) is 0 Å². The van der Waals surface area contributed by atoms with E-state index < -0.39 is 18.1 Å². The van der Waals surface area contributed by atoms with Crippen molar-refractivity contribution in [2.75, 3.05) is 0 Å². The number of hydrogen-bond donors (Lipinski definition) is 2. The number of aliphatic hydroxyl groups excluding tert-OH is 1. The van der Waals surface area contributed by atoms with Gasteiger partial charge in [0.2, 0.25) is 0 Å². The van der Waals surface area contributed by atoms with Gasteiger partial charge in [0.15, 0.2) is 6.23 Å². The number of carboxylic acids is 1. The number of amides is 1.